The number of hydrogen-bond acceptors (Lipinski definition) is 5. The first kappa shape index (κ1) is 16.2. The van der Waals surface area contributed by atoms with Crippen LogP contribution in [0, 0.1) is 6.92 Å². The van der Waals surface area contributed by atoms with E-state index in [0.717, 1.165) is 11.3 Å². The van der Waals surface area contributed by atoms with E-state index in [9.17, 15) is 4.79 Å². The summed E-state index contributed by atoms with van der Waals surface area (Å²) in [4.78, 5) is 20.5. The molecule has 4 rings (SSSR count). The third kappa shape index (κ3) is 3.14. The number of hydrogen-bond donors (Lipinski definition) is 1. The molecular formula is C17H14ClN7O. The number of carbonyl (C=O) groups excluding carboxylic acids is 1. The SMILES string of the molecule is Cc1cc(NC(=O)c2nc3ncccn3n2)nn1Cc1ccccc1Cl. The van der Waals surface area contributed by atoms with Gasteiger partial charge in [0.2, 0.25) is 5.82 Å². The summed E-state index contributed by atoms with van der Waals surface area (Å²) in [5, 5.41) is 11.9. The number of carbonyl (C=O) groups is 1. The van der Waals surface area contributed by atoms with Gasteiger partial charge in [0.15, 0.2) is 5.82 Å². The Balaban J connectivity index is 1.53. The Hall–Kier alpha value is -3.26. The molecule has 26 heavy (non-hydrogen) atoms. The van der Waals surface area contributed by atoms with Gasteiger partial charge in [0.1, 0.15) is 0 Å². The Morgan fingerprint density at radius 2 is 2.08 bits per heavy atom. The van der Waals surface area contributed by atoms with E-state index in [1.165, 1.54) is 4.52 Å². The van der Waals surface area contributed by atoms with Gasteiger partial charge in [-0.2, -0.15) is 10.1 Å². The smallest absolute Gasteiger partial charge is 0.296 e. The molecule has 0 saturated carbocycles. The zero-order chi connectivity index (χ0) is 18.1. The molecule has 0 aliphatic heterocycles. The maximum absolute atomic E-state index is 12.4. The summed E-state index contributed by atoms with van der Waals surface area (Å²) in [5.74, 6) is 0.365. The second kappa shape index (κ2) is 6.57. The predicted octanol–water partition coefficient (Wildman–Crippen LogP) is 2.58. The van der Waals surface area contributed by atoms with E-state index in [2.05, 4.69) is 25.5 Å². The molecule has 0 saturated heterocycles. The molecule has 0 fully saturated rings. The molecule has 3 aromatic heterocycles. The first-order valence-electron chi connectivity index (χ1n) is 7.87. The zero-order valence-corrected chi connectivity index (χ0v) is 14.6. The van der Waals surface area contributed by atoms with Crippen molar-refractivity contribution in [2.24, 2.45) is 0 Å². The Morgan fingerprint density at radius 3 is 2.88 bits per heavy atom. The quantitative estimate of drug-likeness (QED) is 0.598. The third-order valence-electron chi connectivity index (χ3n) is 3.82. The highest BCUT2D eigenvalue weighted by molar-refractivity contribution is 6.31. The number of anilines is 1. The molecule has 0 radical (unpaired) electrons. The van der Waals surface area contributed by atoms with Gasteiger partial charge in [-0.3, -0.25) is 9.48 Å². The normalized spacial score (nSPS) is 11.0. The molecule has 8 nitrogen and oxygen atoms in total. The van der Waals surface area contributed by atoms with Crippen LogP contribution in [0.1, 0.15) is 21.9 Å². The van der Waals surface area contributed by atoms with Crippen molar-refractivity contribution in [3.05, 3.63) is 70.9 Å². The maximum atomic E-state index is 12.4. The van der Waals surface area contributed by atoms with E-state index in [4.69, 9.17) is 11.6 Å². The predicted molar refractivity (Wildman–Crippen MR) is 96.3 cm³/mol. The van der Waals surface area contributed by atoms with Crippen LogP contribution < -0.4 is 5.32 Å². The number of fused-ring (bicyclic) bond motifs is 1. The monoisotopic (exact) mass is 367 g/mol. The van der Waals surface area contributed by atoms with Gasteiger partial charge in [-0.25, -0.2) is 9.50 Å². The number of aromatic nitrogens is 6. The molecule has 130 valence electrons. The molecule has 0 spiro atoms. The molecule has 0 aliphatic rings. The number of nitrogens with one attached hydrogen (secondary N) is 1. The molecule has 0 unspecified atom stereocenters. The number of aryl methyl sites for hydroxylation is 1. The molecular weight excluding hydrogens is 354 g/mol. The number of halogens is 1. The zero-order valence-electron chi connectivity index (χ0n) is 13.8. The van der Waals surface area contributed by atoms with E-state index in [1.54, 1.807) is 29.2 Å². The van der Waals surface area contributed by atoms with Crippen molar-refractivity contribution in [3.63, 3.8) is 0 Å². The fourth-order valence-electron chi connectivity index (χ4n) is 2.52. The molecule has 4 aromatic rings. The van der Waals surface area contributed by atoms with Crippen LogP contribution in [0.25, 0.3) is 5.78 Å². The largest absolute Gasteiger partial charge is 0.302 e. The minimum atomic E-state index is -0.446. The summed E-state index contributed by atoms with van der Waals surface area (Å²) in [6.07, 6.45) is 3.26. The summed E-state index contributed by atoms with van der Waals surface area (Å²) in [5.41, 5.74) is 1.84. The van der Waals surface area contributed by atoms with Crippen LogP contribution in [-0.4, -0.2) is 35.3 Å². The van der Waals surface area contributed by atoms with E-state index in [0.29, 0.717) is 23.2 Å². The Kier molecular flexibility index (Phi) is 4.10. The van der Waals surface area contributed by atoms with Crippen LogP contribution in [0.3, 0.4) is 0 Å². The molecule has 3 heterocycles. The van der Waals surface area contributed by atoms with Gasteiger partial charge >= 0.3 is 0 Å². The van der Waals surface area contributed by atoms with Crippen molar-refractivity contribution in [2.45, 2.75) is 13.5 Å². The highest BCUT2D eigenvalue weighted by atomic mass is 35.5. The van der Waals surface area contributed by atoms with Crippen LogP contribution >= 0.6 is 11.6 Å². The highest BCUT2D eigenvalue weighted by Crippen LogP contribution is 2.18. The molecule has 9 heteroatoms. The van der Waals surface area contributed by atoms with Gasteiger partial charge in [-0.1, -0.05) is 29.8 Å². The number of amides is 1. The van der Waals surface area contributed by atoms with E-state index in [1.807, 2.05) is 31.2 Å². The number of benzene rings is 1. The van der Waals surface area contributed by atoms with Crippen LogP contribution in [0.15, 0.2) is 48.8 Å². The van der Waals surface area contributed by atoms with E-state index in [-0.39, 0.29) is 5.82 Å². The van der Waals surface area contributed by atoms with Crippen molar-refractivity contribution in [1.29, 1.82) is 0 Å². The van der Waals surface area contributed by atoms with Gasteiger partial charge in [-0.15, -0.1) is 5.10 Å². The first-order chi connectivity index (χ1) is 12.6. The van der Waals surface area contributed by atoms with Crippen LogP contribution in [0.2, 0.25) is 5.02 Å². The molecule has 0 bridgehead atoms. The lowest BCUT2D eigenvalue weighted by atomic mass is 10.2. The van der Waals surface area contributed by atoms with Crippen LogP contribution in [0.4, 0.5) is 5.82 Å². The Labute approximate surface area is 153 Å². The lowest BCUT2D eigenvalue weighted by Crippen LogP contribution is -2.15. The fourth-order valence-corrected chi connectivity index (χ4v) is 2.72. The summed E-state index contributed by atoms with van der Waals surface area (Å²) in [6, 6.07) is 11.1. The molecule has 1 aromatic carbocycles. The third-order valence-corrected chi connectivity index (χ3v) is 4.19. The Bertz CT molecular complexity index is 1070. The lowest BCUT2D eigenvalue weighted by Gasteiger charge is -2.06. The summed E-state index contributed by atoms with van der Waals surface area (Å²) in [6.45, 7) is 2.42. The average Bonchev–Trinajstić information content (AvgIpc) is 3.20. The minimum Gasteiger partial charge on any atom is -0.302 e. The van der Waals surface area contributed by atoms with Gasteiger partial charge in [0.05, 0.1) is 6.54 Å². The molecule has 0 atom stereocenters. The number of nitrogens with zero attached hydrogens (tertiary/aromatic N) is 6. The van der Waals surface area contributed by atoms with Gasteiger partial charge in [0, 0.05) is 29.2 Å². The summed E-state index contributed by atoms with van der Waals surface area (Å²) >= 11 is 6.20. The second-order valence-electron chi connectivity index (χ2n) is 5.67. The van der Waals surface area contributed by atoms with Crippen molar-refractivity contribution in [2.75, 3.05) is 5.32 Å². The van der Waals surface area contributed by atoms with Crippen LogP contribution in [0.5, 0.6) is 0 Å². The lowest BCUT2D eigenvalue weighted by molar-refractivity contribution is 0.101. The average molecular weight is 368 g/mol. The maximum Gasteiger partial charge on any atom is 0.296 e. The summed E-state index contributed by atoms with van der Waals surface area (Å²) < 4.78 is 3.21. The molecule has 1 N–H and O–H groups in total. The molecule has 0 aliphatic carbocycles. The minimum absolute atomic E-state index is 0.0296. The van der Waals surface area contributed by atoms with Crippen molar-refractivity contribution in [1.82, 2.24) is 29.4 Å². The van der Waals surface area contributed by atoms with Gasteiger partial charge in [0.25, 0.3) is 11.7 Å². The van der Waals surface area contributed by atoms with Crippen molar-refractivity contribution < 1.29 is 4.79 Å². The second-order valence-corrected chi connectivity index (χ2v) is 6.08. The fraction of sp³-hybridized carbons (Fsp3) is 0.118. The standard InChI is InChI=1S/C17H14ClN7O/c1-11-9-14(22-25(11)10-12-5-2-3-6-13(12)18)20-16(26)15-21-17-19-7-4-8-24(17)23-15/h2-9H,10H2,1H3,(H,20,22,26). The van der Waals surface area contributed by atoms with E-state index < -0.39 is 5.91 Å². The number of rotatable bonds is 4. The van der Waals surface area contributed by atoms with Gasteiger partial charge in [-0.05, 0) is 24.6 Å². The Morgan fingerprint density at radius 1 is 1.23 bits per heavy atom. The molecule has 1 amide bonds. The van der Waals surface area contributed by atoms with Gasteiger partial charge < -0.3 is 5.32 Å². The highest BCUT2D eigenvalue weighted by Gasteiger charge is 2.16. The van der Waals surface area contributed by atoms with Crippen molar-refractivity contribution >= 4 is 29.1 Å². The topological polar surface area (TPSA) is 90.0 Å². The van der Waals surface area contributed by atoms with Crippen molar-refractivity contribution in [3.8, 4) is 0 Å². The van der Waals surface area contributed by atoms with E-state index >= 15 is 0 Å². The summed E-state index contributed by atoms with van der Waals surface area (Å²) in [7, 11) is 0. The van der Waals surface area contributed by atoms with Crippen LogP contribution in [-0.2, 0) is 6.54 Å². The first-order valence-corrected chi connectivity index (χ1v) is 8.24.